The van der Waals surface area contributed by atoms with Crippen molar-refractivity contribution in [3.63, 3.8) is 0 Å². The predicted octanol–water partition coefficient (Wildman–Crippen LogP) is 1.16. The molecule has 2 saturated heterocycles. The second-order valence-corrected chi connectivity index (χ2v) is 4.54. The highest BCUT2D eigenvalue weighted by Crippen LogP contribution is 2.20. The zero-order valence-corrected chi connectivity index (χ0v) is 11.2. The number of morpholine rings is 1. The number of nitrogens with one attached hydrogen (secondary N) is 1. The zero-order valence-electron chi connectivity index (χ0n) is 10.3. The summed E-state index contributed by atoms with van der Waals surface area (Å²) in [6.07, 6.45) is 4.41. The van der Waals surface area contributed by atoms with E-state index >= 15 is 0 Å². The Labute approximate surface area is 113 Å². The van der Waals surface area contributed by atoms with E-state index < -0.39 is 0 Å². The van der Waals surface area contributed by atoms with Gasteiger partial charge in [0.05, 0.1) is 12.3 Å². The Hall–Kier alpha value is -0.910. The molecule has 6 heteroatoms. The lowest BCUT2D eigenvalue weighted by atomic mass is 10.2. The molecule has 0 saturated carbocycles. The van der Waals surface area contributed by atoms with E-state index in [1.165, 1.54) is 12.8 Å². The first kappa shape index (κ1) is 13.5. The fourth-order valence-electron chi connectivity index (χ4n) is 2.37. The van der Waals surface area contributed by atoms with Gasteiger partial charge in [0.25, 0.3) is 0 Å². The summed E-state index contributed by atoms with van der Waals surface area (Å²) in [4.78, 5) is 11.2. The molecule has 100 valence electrons. The van der Waals surface area contributed by atoms with Gasteiger partial charge in [-0.1, -0.05) is 0 Å². The molecule has 2 aliphatic heterocycles. The lowest BCUT2D eigenvalue weighted by Gasteiger charge is -2.24. The van der Waals surface area contributed by atoms with Crippen LogP contribution in [-0.4, -0.2) is 42.8 Å². The van der Waals surface area contributed by atoms with Crippen molar-refractivity contribution >= 4 is 18.4 Å². The van der Waals surface area contributed by atoms with Crippen LogP contribution in [0.25, 0.3) is 0 Å². The molecule has 1 aromatic rings. The smallest absolute Gasteiger partial charge is 0.225 e. The molecular formula is C12H19ClN4O. The average molecular weight is 271 g/mol. The summed E-state index contributed by atoms with van der Waals surface area (Å²) < 4.78 is 5.71. The third kappa shape index (κ3) is 2.91. The molecule has 1 atom stereocenters. The fraction of sp³-hybridized carbons (Fsp3) is 0.667. The van der Waals surface area contributed by atoms with Crippen LogP contribution in [0.5, 0.6) is 0 Å². The first-order valence-corrected chi connectivity index (χ1v) is 6.34. The van der Waals surface area contributed by atoms with Gasteiger partial charge in [0.1, 0.15) is 6.10 Å². The third-order valence-electron chi connectivity index (χ3n) is 3.31. The van der Waals surface area contributed by atoms with E-state index in [-0.39, 0.29) is 18.5 Å². The van der Waals surface area contributed by atoms with Crippen LogP contribution in [-0.2, 0) is 4.74 Å². The van der Waals surface area contributed by atoms with E-state index in [2.05, 4.69) is 20.2 Å². The van der Waals surface area contributed by atoms with E-state index in [9.17, 15) is 0 Å². The molecule has 0 bridgehead atoms. The number of ether oxygens (including phenoxy) is 1. The van der Waals surface area contributed by atoms with Crippen molar-refractivity contribution in [2.45, 2.75) is 18.9 Å². The van der Waals surface area contributed by atoms with Gasteiger partial charge in [-0.2, -0.15) is 0 Å². The molecule has 3 rings (SSSR count). The minimum atomic E-state index is 0. The van der Waals surface area contributed by atoms with Crippen LogP contribution in [0.3, 0.4) is 0 Å². The largest absolute Gasteiger partial charge is 0.369 e. The monoisotopic (exact) mass is 270 g/mol. The highest BCUT2D eigenvalue weighted by Gasteiger charge is 2.20. The Kier molecular flexibility index (Phi) is 4.74. The van der Waals surface area contributed by atoms with E-state index in [4.69, 9.17) is 4.74 Å². The van der Waals surface area contributed by atoms with Crippen LogP contribution in [0.4, 0.5) is 5.95 Å². The molecule has 2 aliphatic rings. The van der Waals surface area contributed by atoms with Crippen LogP contribution in [0.2, 0.25) is 0 Å². The molecule has 0 radical (unpaired) electrons. The predicted molar refractivity (Wildman–Crippen MR) is 72.3 cm³/mol. The van der Waals surface area contributed by atoms with Gasteiger partial charge >= 0.3 is 0 Å². The molecule has 1 unspecified atom stereocenters. The van der Waals surface area contributed by atoms with Crippen molar-refractivity contribution in [2.75, 3.05) is 37.7 Å². The molecule has 0 aromatic carbocycles. The van der Waals surface area contributed by atoms with Crippen LogP contribution in [0.15, 0.2) is 12.3 Å². The lowest BCUT2D eigenvalue weighted by Crippen LogP contribution is -2.34. The summed E-state index contributed by atoms with van der Waals surface area (Å²) in [7, 11) is 0. The minimum Gasteiger partial charge on any atom is -0.369 e. The molecule has 1 aromatic heterocycles. The van der Waals surface area contributed by atoms with Gasteiger partial charge in [-0.3, -0.25) is 0 Å². The maximum Gasteiger partial charge on any atom is 0.225 e. The summed E-state index contributed by atoms with van der Waals surface area (Å²) >= 11 is 0. The highest BCUT2D eigenvalue weighted by molar-refractivity contribution is 5.85. The van der Waals surface area contributed by atoms with Gasteiger partial charge in [0, 0.05) is 32.4 Å². The van der Waals surface area contributed by atoms with Crippen LogP contribution >= 0.6 is 12.4 Å². The van der Waals surface area contributed by atoms with Crippen molar-refractivity contribution in [1.29, 1.82) is 0 Å². The molecule has 18 heavy (non-hydrogen) atoms. The van der Waals surface area contributed by atoms with Crippen molar-refractivity contribution in [2.24, 2.45) is 0 Å². The van der Waals surface area contributed by atoms with Gasteiger partial charge < -0.3 is 15.0 Å². The standard InChI is InChI=1S/C12H18N4O.ClH/c1-2-7-16(6-1)12-14-4-3-10(15-12)11-9-13-5-8-17-11;/h3-4,11,13H,1-2,5-9H2;1H. The summed E-state index contributed by atoms with van der Waals surface area (Å²) in [5.74, 6) is 0.856. The van der Waals surface area contributed by atoms with Gasteiger partial charge in [0.2, 0.25) is 5.95 Å². The molecule has 5 nitrogen and oxygen atoms in total. The normalized spacial score (nSPS) is 23.8. The minimum absolute atomic E-state index is 0. The first-order chi connectivity index (χ1) is 8.43. The molecular weight excluding hydrogens is 252 g/mol. The Balaban J connectivity index is 0.00000120. The Bertz CT molecular complexity index is 378. The van der Waals surface area contributed by atoms with E-state index in [0.29, 0.717) is 0 Å². The number of aromatic nitrogens is 2. The number of hydrogen-bond acceptors (Lipinski definition) is 5. The van der Waals surface area contributed by atoms with Crippen molar-refractivity contribution in [3.05, 3.63) is 18.0 Å². The summed E-state index contributed by atoms with van der Waals surface area (Å²) in [6.45, 7) is 4.69. The fourth-order valence-corrected chi connectivity index (χ4v) is 2.37. The van der Waals surface area contributed by atoms with Crippen LogP contribution in [0.1, 0.15) is 24.6 Å². The van der Waals surface area contributed by atoms with Crippen molar-refractivity contribution < 1.29 is 4.74 Å². The molecule has 3 heterocycles. The number of hydrogen-bond donors (Lipinski definition) is 1. The molecule has 0 aliphatic carbocycles. The third-order valence-corrected chi connectivity index (χ3v) is 3.31. The van der Waals surface area contributed by atoms with E-state index in [1.807, 2.05) is 12.3 Å². The van der Waals surface area contributed by atoms with Crippen molar-refractivity contribution in [1.82, 2.24) is 15.3 Å². The Morgan fingerprint density at radius 3 is 2.89 bits per heavy atom. The molecule has 0 spiro atoms. The highest BCUT2D eigenvalue weighted by atomic mass is 35.5. The molecule has 2 fully saturated rings. The lowest BCUT2D eigenvalue weighted by molar-refractivity contribution is 0.0250. The van der Waals surface area contributed by atoms with Gasteiger partial charge in [0.15, 0.2) is 0 Å². The average Bonchev–Trinajstić information content (AvgIpc) is 2.94. The second-order valence-electron chi connectivity index (χ2n) is 4.54. The quantitative estimate of drug-likeness (QED) is 0.874. The molecule has 0 amide bonds. The van der Waals surface area contributed by atoms with Gasteiger partial charge in [-0.25, -0.2) is 9.97 Å². The van der Waals surface area contributed by atoms with Crippen molar-refractivity contribution in [3.8, 4) is 0 Å². The first-order valence-electron chi connectivity index (χ1n) is 6.34. The van der Waals surface area contributed by atoms with Crippen LogP contribution < -0.4 is 10.2 Å². The number of anilines is 1. The number of rotatable bonds is 2. The maximum absolute atomic E-state index is 5.71. The topological polar surface area (TPSA) is 50.3 Å². The Morgan fingerprint density at radius 1 is 1.33 bits per heavy atom. The summed E-state index contributed by atoms with van der Waals surface area (Å²) in [5.41, 5.74) is 0.995. The van der Waals surface area contributed by atoms with Crippen LogP contribution in [0, 0.1) is 0 Å². The SMILES string of the molecule is Cl.c1cc(C2CNCCO2)nc(N2CCCC2)n1. The number of halogens is 1. The Morgan fingerprint density at radius 2 is 2.17 bits per heavy atom. The zero-order chi connectivity index (χ0) is 11.5. The van der Waals surface area contributed by atoms with E-state index in [0.717, 1.165) is 44.4 Å². The number of nitrogens with zero attached hydrogens (tertiary/aromatic N) is 3. The van der Waals surface area contributed by atoms with Gasteiger partial charge in [-0.05, 0) is 18.9 Å². The summed E-state index contributed by atoms with van der Waals surface area (Å²) in [5, 5.41) is 3.32. The van der Waals surface area contributed by atoms with Gasteiger partial charge in [-0.15, -0.1) is 12.4 Å². The summed E-state index contributed by atoms with van der Waals surface area (Å²) in [6, 6.07) is 1.96. The maximum atomic E-state index is 5.71. The second kappa shape index (κ2) is 6.31. The van der Waals surface area contributed by atoms with E-state index in [1.54, 1.807) is 0 Å². The molecule has 1 N–H and O–H groups in total.